The highest BCUT2D eigenvalue weighted by Gasteiger charge is 2.78. The zero-order valence-electron chi connectivity index (χ0n) is 26.3. The minimum Gasteiger partial charge on any atom is -0.455 e. The fourth-order valence-electron chi connectivity index (χ4n) is 8.16. The zero-order valence-corrected chi connectivity index (χ0v) is 26.3. The Morgan fingerprint density at radius 3 is 2.29 bits per heavy atom. The summed E-state index contributed by atoms with van der Waals surface area (Å²) >= 11 is 0. The molecule has 0 radical (unpaired) electrons. The number of esters is 3. The number of aliphatic hydroxyl groups excluding tert-OH is 3. The van der Waals surface area contributed by atoms with Crippen LogP contribution < -0.4 is 0 Å². The number of carbonyl (C=O) groups excluding carboxylic acids is 4. The third-order valence-electron chi connectivity index (χ3n) is 10.6. The van der Waals surface area contributed by atoms with Crippen LogP contribution in [0.2, 0.25) is 0 Å². The lowest BCUT2D eigenvalue weighted by Crippen LogP contribution is -2.81. The Morgan fingerprint density at radius 1 is 1.09 bits per heavy atom. The van der Waals surface area contributed by atoms with Crippen LogP contribution in [-0.2, 0) is 33.3 Å². The highest BCUT2D eigenvalue weighted by atomic mass is 16.6. The number of aliphatic hydroxyl groups is 4. The maximum absolute atomic E-state index is 15.0. The summed E-state index contributed by atoms with van der Waals surface area (Å²) in [6.45, 7) is 8.50. The van der Waals surface area contributed by atoms with Crippen molar-refractivity contribution in [1.82, 2.24) is 0 Å². The van der Waals surface area contributed by atoms with E-state index >= 15 is 4.79 Å². The van der Waals surface area contributed by atoms with Crippen molar-refractivity contribution in [1.29, 1.82) is 0 Å². The highest BCUT2D eigenvalue weighted by molar-refractivity contribution is 5.95. The highest BCUT2D eigenvalue weighted by Crippen LogP contribution is 2.64. The van der Waals surface area contributed by atoms with Crippen LogP contribution in [0.4, 0.5) is 0 Å². The molecule has 10 atom stereocenters. The first kappa shape index (κ1) is 33.2. The number of ketones is 1. The molecule has 3 aliphatic carbocycles. The molecule has 246 valence electrons. The van der Waals surface area contributed by atoms with Gasteiger partial charge in [-0.05, 0) is 44.1 Å². The Morgan fingerprint density at radius 2 is 1.73 bits per heavy atom. The van der Waals surface area contributed by atoms with Gasteiger partial charge in [-0.25, -0.2) is 4.79 Å². The quantitative estimate of drug-likeness (QED) is 0.201. The second-order valence-corrected chi connectivity index (χ2v) is 13.7. The molecule has 1 aromatic rings. The van der Waals surface area contributed by atoms with E-state index in [0.29, 0.717) is 0 Å². The summed E-state index contributed by atoms with van der Waals surface area (Å²) in [6, 6.07) is 7.99. The first-order chi connectivity index (χ1) is 20.9. The average molecular weight is 631 g/mol. The molecule has 1 heterocycles. The van der Waals surface area contributed by atoms with Crippen LogP contribution in [0.5, 0.6) is 0 Å². The number of ether oxygens (including phenoxy) is 4. The van der Waals surface area contributed by atoms with Gasteiger partial charge in [-0.1, -0.05) is 32.0 Å². The van der Waals surface area contributed by atoms with E-state index in [2.05, 4.69) is 0 Å². The van der Waals surface area contributed by atoms with Crippen molar-refractivity contribution < 1.29 is 58.6 Å². The molecule has 1 unspecified atom stereocenters. The van der Waals surface area contributed by atoms with Crippen LogP contribution >= 0.6 is 0 Å². The van der Waals surface area contributed by atoms with Crippen molar-refractivity contribution in [2.75, 3.05) is 6.61 Å². The molecule has 4 aliphatic rings. The van der Waals surface area contributed by atoms with Crippen LogP contribution in [0.3, 0.4) is 0 Å². The molecule has 1 saturated heterocycles. The fraction of sp³-hybridized carbons (Fsp3) is 0.636. The predicted molar refractivity (Wildman–Crippen MR) is 155 cm³/mol. The monoisotopic (exact) mass is 630 g/mol. The number of rotatable bonds is 6. The second-order valence-electron chi connectivity index (χ2n) is 13.7. The van der Waals surface area contributed by atoms with Gasteiger partial charge in [0, 0.05) is 25.2 Å². The molecule has 2 saturated carbocycles. The minimum atomic E-state index is -2.17. The topological polar surface area (TPSA) is 186 Å². The van der Waals surface area contributed by atoms with Gasteiger partial charge in [0.2, 0.25) is 0 Å². The van der Waals surface area contributed by atoms with E-state index < -0.39 is 94.7 Å². The van der Waals surface area contributed by atoms with Crippen molar-refractivity contribution in [3.8, 4) is 0 Å². The number of fused-ring (bicyclic) bond motifs is 5. The summed E-state index contributed by atoms with van der Waals surface area (Å²) in [5.74, 6) is -4.71. The summed E-state index contributed by atoms with van der Waals surface area (Å²) in [5, 5.41) is 46.0. The minimum absolute atomic E-state index is 0.0915. The van der Waals surface area contributed by atoms with Crippen molar-refractivity contribution in [3.05, 3.63) is 47.0 Å². The van der Waals surface area contributed by atoms with Gasteiger partial charge < -0.3 is 39.4 Å². The van der Waals surface area contributed by atoms with Crippen LogP contribution in [-0.4, -0.2) is 98.6 Å². The molecule has 12 heteroatoms. The number of carbonyl (C=O) groups is 4. The summed E-state index contributed by atoms with van der Waals surface area (Å²) in [4.78, 5) is 54.5. The molecule has 5 rings (SSSR count). The van der Waals surface area contributed by atoms with Crippen molar-refractivity contribution in [3.63, 3.8) is 0 Å². The Bertz CT molecular complexity index is 1420. The van der Waals surface area contributed by atoms with Gasteiger partial charge in [0.05, 0.1) is 48.2 Å². The SMILES string of the molecule is CC(=O)O[C@@]12CO[C@H]1C[C@H](O)[C@]1(C)C(=O)[C@H](OC(=O)C[C@@H](C)O)C3=C(C)[C@@H](O)C[C@@](O)([C@@H](OC(=O)c4ccccc4)C21)C3(C)C. The molecule has 2 bridgehead atoms. The molecule has 45 heavy (non-hydrogen) atoms. The van der Waals surface area contributed by atoms with E-state index in [-0.39, 0.29) is 36.2 Å². The van der Waals surface area contributed by atoms with E-state index in [9.17, 15) is 34.8 Å². The van der Waals surface area contributed by atoms with Gasteiger partial charge in [-0.15, -0.1) is 0 Å². The second kappa shape index (κ2) is 11.3. The van der Waals surface area contributed by atoms with Gasteiger partial charge >= 0.3 is 17.9 Å². The van der Waals surface area contributed by atoms with Crippen molar-refractivity contribution >= 4 is 23.7 Å². The van der Waals surface area contributed by atoms with E-state index in [4.69, 9.17) is 18.9 Å². The molecule has 12 nitrogen and oxygen atoms in total. The Kier molecular flexibility index (Phi) is 8.32. The van der Waals surface area contributed by atoms with Crippen LogP contribution in [0.15, 0.2) is 41.5 Å². The van der Waals surface area contributed by atoms with E-state index in [1.54, 1.807) is 39.0 Å². The number of hydrogen-bond acceptors (Lipinski definition) is 12. The molecule has 0 spiro atoms. The Balaban J connectivity index is 1.81. The molecule has 1 aliphatic heterocycles. The molecule has 4 N–H and O–H groups in total. The van der Waals surface area contributed by atoms with Gasteiger partial charge in [-0.3, -0.25) is 14.4 Å². The Hall–Kier alpha value is -3.16. The van der Waals surface area contributed by atoms with Crippen LogP contribution in [0.1, 0.15) is 71.2 Å². The third-order valence-corrected chi connectivity index (χ3v) is 10.6. The number of Topliss-reactive ketones (excluding diaryl/α,β-unsaturated/α-hetero) is 1. The lowest BCUT2D eigenvalue weighted by molar-refractivity contribution is -0.346. The maximum atomic E-state index is 15.0. The zero-order chi connectivity index (χ0) is 33.3. The van der Waals surface area contributed by atoms with E-state index in [1.807, 2.05) is 0 Å². The number of hydrogen-bond donors (Lipinski definition) is 4. The molecule has 3 fully saturated rings. The van der Waals surface area contributed by atoms with Gasteiger partial charge in [-0.2, -0.15) is 0 Å². The predicted octanol–water partition coefficient (Wildman–Crippen LogP) is 1.40. The van der Waals surface area contributed by atoms with E-state index in [1.165, 1.54) is 32.9 Å². The largest absolute Gasteiger partial charge is 0.455 e. The molecule has 1 aromatic carbocycles. The molecular weight excluding hydrogens is 588 g/mol. The normalized spacial score (nSPS) is 39.2. The summed E-state index contributed by atoms with van der Waals surface area (Å²) in [5.41, 5.74) is -6.77. The summed E-state index contributed by atoms with van der Waals surface area (Å²) in [6.07, 6.45) is -9.20. The summed E-state index contributed by atoms with van der Waals surface area (Å²) in [7, 11) is 0. The molecular formula is C33H42O12. The maximum Gasteiger partial charge on any atom is 0.338 e. The average Bonchev–Trinajstić information content (AvgIpc) is 2.94. The van der Waals surface area contributed by atoms with Crippen LogP contribution in [0, 0.1) is 16.7 Å². The van der Waals surface area contributed by atoms with Gasteiger partial charge in [0.15, 0.2) is 17.5 Å². The fourth-order valence-corrected chi connectivity index (χ4v) is 8.16. The first-order valence-electron chi connectivity index (χ1n) is 15.2. The smallest absolute Gasteiger partial charge is 0.338 e. The third kappa shape index (κ3) is 4.93. The standard InChI is InChI=1S/C33H42O12/c1-16(34)12-23(38)43-25-24-17(2)20(36)14-33(41,30(24,4)5)28(44-29(40)19-10-8-7-9-11-19)26-31(6,27(25)39)21(37)13-22-32(26,15-42-22)45-18(3)35/h7-11,16,20-22,25-26,28,34,36-37,41H,12-15H2,1-6H3/t16-,20+,21+,22+,25-,26?,28+,31+,32+,33-/m1/s1. The van der Waals surface area contributed by atoms with Gasteiger partial charge in [0.1, 0.15) is 17.8 Å². The lowest BCUT2D eigenvalue weighted by atomic mass is 9.44. The number of benzene rings is 1. The summed E-state index contributed by atoms with van der Waals surface area (Å²) < 4.78 is 23.7. The van der Waals surface area contributed by atoms with Crippen LogP contribution in [0.25, 0.3) is 0 Å². The van der Waals surface area contributed by atoms with Crippen molar-refractivity contribution in [2.45, 2.75) is 109 Å². The first-order valence-corrected chi connectivity index (χ1v) is 15.2. The Labute approximate surface area is 261 Å². The molecule has 0 amide bonds. The lowest BCUT2D eigenvalue weighted by Gasteiger charge is -2.67. The van der Waals surface area contributed by atoms with Gasteiger partial charge in [0.25, 0.3) is 0 Å². The van der Waals surface area contributed by atoms with E-state index in [0.717, 1.165) is 0 Å². The molecule has 0 aromatic heterocycles. The van der Waals surface area contributed by atoms with Crippen molar-refractivity contribution in [2.24, 2.45) is 16.7 Å².